The van der Waals surface area contributed by atoms with Crippen molar-refractivity contribution in [3.63, 3.8) is 0 Å². The minimum atomic E-state index is -0.0588. The zero-order valence-electron chi connectivity index (χ0n) is 24.7. The normalized spacial score (nSPS) is 12.7. The van der Waals surface area contributed by atoms with Gasteiger partial charge in [-0.25, -0.2) is 9.97 Å². The van der Waals surface area contributed by atoms with Crippen LogP contribution in [0.1, 0.15) is 0 Å². The quantitative estimate of drug-likeness (QED) is 0.195. The second kappa shape index (κ2) is 8.74. The van der Waals surface area contributed by atoms with Crippen molar-refractivity contribution in [1.82, 2.24) is 23.6 Å². The van der Waals surface area contributed by atoms with Crippen LogP contribution in [0.15, 0.2) is 146 Å². The zero-order valence-corrected chi connectivity index (χ0v) is 24.7. The molecule has 0 N–H and O–H groups in total. The van der Waals surface area contributed by atoms with Gasteiger partial charge in [0.25, 0.3) is 0 Å². The molecule has 0 amide bonds. The molecule has 11 rings (SSSR count). The maximum Gasteiger partial charge on any atom is 0.332 e. The van der Waals surface area contributed by atoms with Crippen LogP contribution in [0.4, 0.5) is 0 Å². The van der Waals surface area contributed by atoms with E-state index in [1.165, 1.54) is 65.7 Å². The number of hydrogen-bond acceptors (Lipinski definition) is 2. The van der Waals surface area contributed by atoms with Crippen LogP contribution in [0.3, 0.4) is 0 Å². The van der Waals surface area contributed by atoms with Gasteiger partial charge in [0, 0.05) is 49.3 Å². The van der Waals surface area contributed by atoms with E-state index in [1.54, 1.807) is 6.33 Å². The van der Waals surface area contributed by atoms with E-state index >= 15 is 0 Å². The van der Waals surface area contributed by atoms with Crippen LogP contribution in [0.2, 0.25) is 0 Å². The van der Waals surface area contributed by atoms with Gasteiger partial charge in [0.1, 0.15) is 6.33 Å². The van der Waals surface area contributed by atoms with Crippen LogP contribution in [0, 0.1) is 0 Å². The van der Waals surface area contributed by atoms with E-state index in [0.29, 0.717) is 0 Å². The van der Waals surface area contributed by atoms with Gasteiger partial charge in [-0.05, 0) is 47.3 Å². The summed E-state index contributed by atoms with van der Waals surface area (Å²) in [7, 11) is 0. The van der Waals surface area contributed by atoms with E-state index in [9.17, 15) is 0 Å². The summed E-state index contributed by atoms with van der Waals surface area (Å²) < 4.78 is 7.41. The van der Waals surface area contributed by atoms with Gasteiger partial charge < -0.3 is 13.6 Å². The average molecular weight is 585 g/mol. The fourth-order valence-corrected chi connectivity index (χ4v) is 8.32. The molecule has 5 heterocycles. The third-order valence-corrected chi connectivity index (χ3v) is 10.0. The summed E-state index contributed by atoms with van der Waals surface area (Å²) in [4.78, 5) is 9.22. The fraction of sp³-hybridized carbons (Fsp3) is 0. The highest BCUT2D eigenvalue weighted by atomic mass is 15.0. The Hall–Kier alpha value is -6.14. The van der Waals surface area contributed by atoms with E-state index in [1.807, 2.05) is 6.20 Å². The highest BCUT2D eigenvalue weighted by Crippen LogP contribution is 2.41. The van der Waals surface area contributed by atoms with E-state index in [4.69, 9.17) is 4.98 Å². The molecule has 0 saturated heterocycles. The second-order valence-electron chi connectivity index (χ2n) is 12.2. The minimum Gasteiger partial charge on any atom is -0.375 e. The summed E-state index contributed by atoms with van der Waals surface area (Å²) in [5.74, 6) is 0. The van der Waals surface area contributed by atoms with Gasteiger partial charge in [-0.15, -0.1) is 0 Å². The standard InChI is InChI=1S/C40H24BN5/c1-2-11-25(12-3-1)44-32-18-7-5-14-28(32)37-35(44)22-21-27-26-13-4-8-19-33(26)46(40(27)37)41-30-16-6-9-20-34(30)45-36-23-42-24-43-38(36)29-15-10-17-31(41)39(29)45/h1-24H. The molecule has 0 saturated carbocycles. The van der Waals surface area contributed by atoms with Gasteiger partial charge >= 0.3 is 6.85 Å². The van der Waals surface area contributed by atoms with Crippen LogP contribution in [-0.2, 0) is 0 Å². The van der Waals surface area contributed by atoms with Crippen LogP contribution >= 0.6 is 0 Å². The van der Waals surface area contributed by atoms with Gasteiger partial charge in [0.15, 0.2) is 0 Å². The molecule has 6 aromatic carbocycles. The first-order valence-electron chi connectivity index (χ1n) is 15.7. The largest absolute Gasteiger partial charge is 0.375 e. The predicted octanol–water partition coefficient (Wildman–Crippen LogP) is 7.75. The summed E-state index contributed by atoms with van der Waals surface area (Å²) in [6, 6.07) is 48.7. The number of fused-ring (bicyclic) bond motifs is 12. The van der Waals surface area contributed by atoms with Gasteiger partial charge in [0.05, 0.1) is 33.8 Å². The smallest absolute Gasteiger partial charge is 0.332 e. The van der Waals surface area contributed by atoms with E-state index in [0.717, 1.165) is 22.1 Å². The van der Waals surface area contributed by atoms with Crippen LogP contribution in [0.5, 0.6) is 0 Å². The molecular formula is C40H24BN5. The molecule has 46 heavy (non-hydrogen) atoms. The maximum absolute atomic E-state index is 4.77. The van der Waals surface area contributed by atoms with Crippen molar-refractivity contribution in [2.45, 2.75) is 0 Å². The first kappa shape index (κ1) is 24.2. The highest BCUT2D eigenvalue weighted by molar-refractivity contribution is 6.88. The lowest BCUT2D eigenvalue weighted by molar-refractivity contribution is 1.14. The molecule has 1 aliphatic rings. The Kier molecular flexibility index (Phi) is 4.60. The lowest BCUT2D eigenvalue weighted by atomic mass is 9.48. The Morgan fingerprint density at radius 1 is 0.478 bits per heavy atom. The van der Waals surface area contributed by atoms with E-state index in [-0.39, 0.29) is 6.85 Å². The third-order valence-electron chi connectivity index (χ3n) is 10.0. The molecule has 6 heteroatoms. The summed E-state index contributed by atoms with van der Waals surface area (Å²) >= 11 is 0. The Morgan fingerprint density at radius 3 is 2.13 bits per heavy atom. The number of nitrogens with zero attached hydrogens (tertiary/aromatic N) is 5. The zero-order chi connectivity index (χ0) is 29.9. The molecule has 4 aromatic heterocycles. The van der Waals surface area contributed by atoms with Crippen molar-refractivity contribution < 1.29 is 0 Å². The van der Waals surface area contributed by atoms with Crippen molar-refractivity contribution in [2.24, 2.45) is 0 Å². The Bertz CT molecular complexity index is 2880. The summed E-state index contributed by atoms with van der Waals surface area (Å²) in [6.07, 6.45) is 3.61. The predicted molar refractivity (Wildman–Crippen MR) is 191 cm³/mol. The molecule has 0 spiro atoms. The second-order valence-corrected chi connectivity index (χ2v) is 12.2. The molecule has 0 unspecified atom stereocenters. The monoisotopic (exact) mass is 585 g/mol. The Balaban J connectivity index is 1.37. The van der Waals surface area contributed by atoms with Gasteiger partial charge in [-0.2, -0.15) is 0 Å². The number of aromatic nitrogens is 5. The first-order chi connectivity index (χ1) is 22.9. The van der Waals surface area contributed by atoms with E-state index < -0.39 is 0 Å². The van der Waals surface area contributed by atoms with E-state index in [2.05, 4.69) is 152 Å². The number of hydrogen-bond donors (Lipinski definition) is 0. The summed E-state index contributed by atoms with van der Waals surface area (Å²) in [5.41, 5.74) is 13.0. The van der Waals surface area contributed by atoms with Crippen LogP contribution in [0.25, 0.3) is 76.9 Å². The summed E-state index contributed by atoms with van der Waals surface area (Å²) in [6.45, 7) is -0.0588. The molecule has 0 radical (unpaired) electrons. The molecule has 0 aliphatic carbocycles. The topological polar surface area (TPSA) is 40.6 Å². The van der Waals surface area contributed by atoms with Gasteiger partial charge in [-0.1, -0.05) is 97.1 Å². The number of benzene rings is 6. The molecular weight excluding hydrogens is 561 g/mol. The SMILES string of the molecule is c1ccc(-n2c3ccccc3c3c4c(ccc32)c2ccccc2n4B2c3ccccc3-n3c4cncnc4c4cccc2c43)cc1. The fourth-order valence-electron chi connectivity index (χ4n) is 8.32. The van der Waals surface area contributed by atoms with Crippen molar-refractivity contribution in [2.75, 3.05) is 0 Å². The van der Waals surface area contributed by atoms with Crippen molar-refractivity contribution >= 4 is 83.3 Å². The molecule has 5 nitrogen and oxygen atoms in total. The Labute approximate surface area is 263 Å². The van der Waals surface area contributed by atoms with Crippen molar-refractivity contribution in [3.05, 3.63) is 146 Å². The van der Waals surface area contributed by atoms with Crippen LogP contribution < -0.4 is 10.9 Å². The lowest BCUT2D eigenvalue weighted by Crippen LogP contribution is -2.53. The average Bonchev–Trinajstić information content (AvgIpc) is 3.76. The molecule has 1 aliphatic heterocycles. The molecule has 10 aromatic rings. The number of rotatable bonds is 2. The summed E-state index contributed by atoms with van der Waals surface area (Å²) in [5, 5.41) is 6.21. The third kappa shape index (κ3) is 2.92. The molecule has 0 atom stereocenters. The minimum absolute atomic E-state index is 0.0588. The van der Waals surface area contributed by atoms with Gasteiger partial charge in [0.2, 0.25) is 0 Å². The number of para-hydroxylation sites is 5. The highest BCUT2D eigenvalue weighted by Gasteiger charge is 2.36. The molecule has 212 valence electrons. The van der Waals surface area contributed by atoms with Crippen molar-refractivity contribution in [1.29, 1.82) is 0 Å². The van der Waals surface area contributed by atoms with Crippen LogP contribution in [-0.4, -0.2) is 30.4 Å². The Morgan fingerprint density at radius 2 is 1.22 bits per heavy atom. The molecule has 0 fully saturated rings. The first-order valence-corrected chi connectivity index (χ1v) is 15.7. The maximum atomic E-state index is 4.77. The van der Waals surface area contributed by atoms with Crippen molar-refractivity contribution in [3.8, 4) is 11.4 Å². The molecule has 0 bridgehead atoms. The van der Waals surface area contributed by atoms with Gasteiger partial charge in [-0.3, -0.25) is 0 Å². The lowest BCUT2D eigenvalue weighted by Gasteiger charge is -2.28.